The zero-order valence-corrected chi connectivity index (χ0v) is 17.4. The lowest BCUT2D eigenvalue weighted by molar-refractivity contribution is 0.432. The van der Waals surface area contributed by atoms with Crippen LogP contribution in [0.4, 0.5) is 0 Å². The fraction of sp³-hybridized carbons (Fsp3) is 0.105. The maximum absolute atomic E-state index is 12.2. The first-order chi connectivity index (χ1) is 13.4. The number of aromatic nitrogens is 2. The van der Waals surface area contributed by atoms with Gasteiger partial charge in [-0.1, -0.05) is 46.9 Å². The molecule has 28 heavy (non-hydrogen) atoms. The molecule has 2 N–H and O–H groups in total. The second kappa shape index (κ2) is 8.92. The summed E-state index contributed by atoms with van der Waals surface area (Å²) in [7, 11) is 0. The summed E-state index contributed by atoms with van der Waals surface area (Å²) in [5, 5.41) is 11.9. The van der Waals surface area contributed by atoms with Gasteiger partial charge in [0.15, 0.2) is 4.77 Å². The Hall–Kier alpha value is -2.12. The second-order valence-corrected chi connectivity index (χ2v) is 7.48. The highest BCUT2D eigenvalue weighted by Gasteiger charge is 2.13. The SMILES string of the molecule is O=c1[nH]c(=S)n(-c2ccc(Cl)c(Cl)c2)c(O)c1C=NCCc1ccc(Cl)cc1. The van der Waals surface area contributed by atoms with E-state index in [0.29, 0.717) is 33.7 Å². The van der Waals surface area contributed by atoms with Gasteiger partial charge in [0.2, 0.25) is 5.88 Å². The van der Waals surface area contributed by atoms with Crippen LogP contribution in [-0.2, 0) is 6.42 Å². The molecule has 144 valence electrons. The molecule has 0 atom stereocenters. The van der Waals surface area contributed by atoms with Gasteiger partial charge in [-0.15, -0.1) is 0 Å². The minimum Gasteiger partial charge on any atom is -0.494 e. The molecule has 1 aromatic heterocycles. The number of hydrogen-bond acceptors (Lipinski definition) is 4. The summed E-state index contributed by atoms with van der Waals surface area (Å²) in [5.41, 5.74) is 0.986. The van der Waals surface area contributed by atoms with Crippen molar-refractivity contribution in [3.8, 4) is 11.6 Å². The highest BCUT2D eigenvalue weighted by atomic mass is 35.5. The summed E-state index contributed by atoms with van der Waals surface area (Å²) in [6, 6.07) is 12.2. The highest BCUT2D eigenvalue weighted by molar-refractivity contribution is 7.71. The number of halogens is 3. The molecule has 0 aliphatic carbocycles. The molecule has 0 aliphatic heterocycles. The molecule has 3 aromatic rings. The molecule has 5 nitrogen and oxygen atoms in total. The Balaban J connectivity index is 1.89. The number of rotatable bonds is 5. The van der Waals surface area contributed by atoms with Gasteiger partial charge in [0.25, 0.3) is 5.56 Å². The second-order valence-electron chi connectivity index (χ2n) is 5.84. The summed E-state index contributed by atoms with van der Waals surface area (Å²) >= 11 is 23.0. The van der Waals surface area contributed by atoms with E-state index in [1.807, 2.05) is 12.1 Å². The molecule has 0 unspecified atom stereocenters. The topological polar surface area (TPSA) is 70.4 Å². The molecule has 0 radical (unpaired) electrons. The number of hydrogen-bond donors (Lipinski definition) is 2. The van der Waals surface area contributed by atoms with E-state index in [2.05, 4.69) is 9.98 Å². The third-order valence-corrected chi connectivity index (χ3v) is 5.22. The third kappa shape index (κ3) is 4.64. The number of aromatic amines is 1. The summed E-state index contributed by atoms with van der Waals surface area (Å²) < 4.78 is 1.32. The molecule has 0 saturated heterocycles. The molecule has 0 bridgehead atoms. The lowest BCUT2D eigenvalue weighted by atomic mass is 10.1. The van der Waals surface area contributed by atoms with E-state index in [1.54, 1.807) is 30.3 Å². The van der Waals surface area contributed by atoms with E-state index >= 15 is 0 Å². The molecule has 1 heterocycles. The number of aliphatic imine (C=N–C) groups is 1. The van der Waals surface area contributed by atoms with Crippen LogP contribution in [0.15, 0.2) is 52.3 Å². The van der Waals surface area contributed by atoms with Crippen molar-refractivity contribution in [3.63, 3.8) is 0 Å². The summed E-state index contributed by atoms with van der Waals surface area (Å²) in [6.07, 6.45) is 1.99. The Morgan fingerprint density at radius 2 is 1.82 bits per heavy atom. The molecule has 2 aromatic carbocycles. The van der Waals surface area contributed by atoms with Gasteiger partial charge in [-0.05, 0) is 54.5 Å². The van der Waals surface area contributed by atoms with E-state index in [4.69, 9.17) is 47.0 Å². The first-order valence-electron chi connectivity index (χ1n) is 8.15. The predicted octanol–water partition coefficient (Wildman–Crippen LogP) is 5.22. The molecule has 0 saturated carbocycles. The van der Waals surface area contributed by atoms with E-state index < -0.39 is 5.56 Å². The van der Waals surface area contributed by atoms with Crippen LogP contribution in [0.25, 0.3) is 5.69 Å². The minimum atomic E-state index is -0.533. The lowest BCUT2D eigenvalue weighted by Crippen LogP contribution is -2.18. The zero-order chi connectivity index (χ0) is 20.3. The van der Waals surface area contributed by atoms with E-state index in [1.165, 1.54) is 10.8 Å². The van der Waals surface area contributed by atoms with Gasteiger partial charge in [0.05, 0.1) is 15.7 Å². The van der Waals surface area contributed by atoms with Crippen LogP contribution in [-0.4, -0.2) is 27.4 Å². The van der Waals surface area contributed by atoms with Crippen LogP contribution in [0, 0.1) is 4.77 Å². The summed E-state index contributed by atoms with van der Waals surface area (Å²) in [5.74, 6) is -0.331. The first-order valence-corrected chi connectivity index (χ1v) is 9.69. The minimum absolute atomic E-state index is 0.00391. The van der Waals surface area contributed by atoms with Gasteiger partial charge in [-0.3, -0.25) is 19.3 Å². The van der Waals surface area contributed by atoms with Crippen LogP contribution in [0.1, 0.15) is 11.1 Å². The standard InChI is InChI=1S/C19H14Cl3N3O2S/c20-12-3-1-11(2-4-12)7-8-23-10-14-17(26)24-19(28)25(18(14)27)13-5-6-15(21)16(22)9-13/h1-6,9-10,27H,7-8H2,(H,24,26,28). The predicted molar refractivity (Wildman–Crippen MR) is 117 cm³/mol. The Kier molecular flexibility index (Phi) is 6.57. The maximum Gasteiger partial charge on any atom is 0.264 e. The Labute approximate surface area is 180 Å². The first kappa shape index (κ1) is 20.6. The highest BCUT2D eigenvalue weighted by Crippen LogP contribution is 2.27. The van der Waals surface area contributed by atoms with Gasteiger partial charge < -0.3 is 5.11 Å². The fourth-order valence-corrected chi connectivity index (χ4v) is 3.22. The van der Waals surface area contributed by atoms with Gasteiger partial charge in [-0.2, -0.15) is 0 Å². The number of benzene rings is 2. The van der Waals surface area contributed by atoms with Crippen molar-refractivity contribution in [1.82, 2.24) is 9.55 Å². The van der Waals surface area contributed by atoms with Gasteiger partial charge in [0.1, 0.15) is 5.56 Å². The fourth-order valence-electron chi connectivity index (χ4n) is 2.52. The molecule has 0 amide bonds. The molecule has 0 fully saturated rings. The molecular weight excluding hydrogens is 441 g/mol. The zero-order valence-electron chi connectivity index (χ0n) is 14.3. The van der Waals surface area contributed by atoms with E-state index in [0.717, 1.165) is 5.56 Å². The van der Waals surface area contributed by atoms with Crippen molar-refractivity contribution < 1.29 is 5.11 Å². The van der Waals surface area contributed by atoms with Gasteiger partial charge >= 0.3 is 0 Å². The molecule has 9 heteroatoms. The smallest absolute Gasteiger partial charge is 0.264 e. The molecule has 3 rings (SSSR count). The van der Waals surface area contributed by atoms with E-state index in [9.17, 15) is 9.90 Å². The third-order valence-electron chi connectivity index (χ3n) is 3.95. The van der Waals surface area contributed by atoms with Crippen molar-refractivity contribution in [3.05, 3.63) is 83.8 Å². The molecule has 0 aliphatic rings. The van der Waals surface area contributed by atoms with Crippen molar-refractivity contribution in [2.24, 2.45) is 4.99 Å². The van der Waals surface area contributed by atoms with Crippen molar-refractivity contribution in [1.29, 1.82) is 0 Å². The largest absolute Gasteiger partial charge is 0.494 e. The van der Waals surface area contributed by atoms with Crippen LogP contribution in [0.5, 0.6) is 5.88 Å². The quantitative estimate of drug-likeness (QED) is 0.410. The maximum atomic E-state index is 12.2. The Morgan fingerprint density at radius 3 is 2.50 bits per heavy atom. The molecule has 0 spiro atoms. The number of H-pyrrole nitrogens is 1. The number of nitrogens with one attached hydrogen (secondary N) is 1. The monoisotopic (exact) mass is 453 g/mol. The summed E-state index contributed by atoms with van der Waals surface area (Å²) in [4.78, 5) is 19.0. The normalized spacial score (nSPS) is 11.2. The van der Waals surface area contributed by atoms with Crippen molar-refractivity contribution in [2.75, 3.05) is 6.54 Å². The van der Waals surface area contributed by atoms with Crippen molar-refractivity contribution >= 4 is 53.2 Å². The molecular formula is C19H14Cl3N3O2S. The average molecular weight is 455 g/mol. The number of aromatic hydroxyl groups is 1. The average Bonchev–Trinajstić information content (AvgIpc) is 2.65. The van der Waals surface area contributed by atoms with Gasteiger partial charge in [-0.25, -0.2) is 0 Å². The van der Waals surface area contributed by atoms with Gasteiger partial charge in [0, 0.05) is 17.8 Å². The Morgan fingerprint density at radius 1 is 1.11 bits per heavy atom. The van der Waals surface area contributed by atoms with E-state index in [-0.39, 0.29) is 16.2 Å². The summed E-state index contributed by atoms with van der Waals surface area (Å²) in [6.45, 7) is 0.433. The van der Waals surface area contributed by atoms with Crippen LogP contribution in [0.3, 0.4) is 0 Å². The Bertz CT molecular complexity index is 1150. The number of nitrogens with zero attached hydrogens (tertiary/aromatic N) is 2. The van der Waals surface area contributed by atoms with Crippen LogP contribution < -0.4 is 5.56 Å². The van der Waals surface area contributed by atoms with Crippen LogP contribution >= 0.6 is 47.0 Å². The lowest BCUT2D eigenvalue weighted by Gasteiger charge is -2.11. The van der Waals surface area contributed by atoms with Crippen molar-refractivity contribution in [2.45, 2.75) is 6.42 Å². The van der Waals surface area contributed by atoms with Crippen LogP contribution in [0.2, 0.25) is 15.1 Å².